The van der Waals surface area contributed by atoms with Crippen molar-refractivity contribution >= 4 is 17.5 Å². The molecule has 1 aromatic heterocycles. The van der Waals surface area contributed by atoms with Crippen LogP contribution in [0.1, 0.15) is 4.88 Å². The summed E-state index contributed by atoms with van der Waals surface area (Å²) in [4.78, 5) is 11.2. The number of nitrogens with zero attached hydrogens (tertiary/aromatic N) is 1. The van der Waals surface area contributed by atoms with E-state index < -0.39 is 12.0 Å². The van der Waals surface area contributed by atoms with Crippen LogP contribution < -0.4 is 10.5 Å². The molecule has 0 amide bonds. The minimum Gasteiger partial charge on any atom is -0.480 e. The largest absolute Gasteiger partial charge is 0.480 e. The van der Waals surface area contributed by atoms with Crippen LogP contribution >= 0.6 is 11.5 Å². The van der Waals surface area contributed by atoms with E-state index >= 15 is 0 Å². The number of aliphatic carboxylic acids is 1. The number of ether oxygens (including phenoxy) is 1. The van der Waals surface area contributed by atoms with Crippen molar-refractivity contribution in [1.82, 2.24) is 4.37 Å². The zero-order valence-electron chi connectivity index (χ0n) is 7.06. The molecule has 1 atom stereocenters. The lowest BCUT2D eigenvalue weighted by Gasteiger charge is -2.01. The van der Waals surface area contributed by atoms with Crippen LogP contribution in [0.4, 0.5) is 0 Å². The standard InChI is InChI=1S/C7H10N2O3S/c1-12-6-3-4(13-9-6)2-5(8)7(10)11/h3,5H,2,8H2,1H3,(H,10,11)/t5-/m0/s1. The van der Waals surface area contributed by atoms with Crippen LogP contribution in [-0.4, -0.2) is 28.6 Å². The van der Waals surface area contributed by atoms with E-state index in [0.29, 0.717) is 5.88 Å². The Morgan fingerprint density at radius 1 is 1.92 bits per heavy atom. The number of carboxylic acid groups (broad SMARTS) is 1. The Morgan fingerprint density at radius 3 is 3.08 bits per heavy atom. The molecule has 0 aliphatic heterocycles. The maximum atomic E-state index is 10.4. The summed E-state index contributed by atoms with van der Waals surface area (Å²) < 4.78 is 8.77. The molecule has 72 valence electrons. The van der Waals surface area contributed by atoms with E-state index in [2.05, 4.69) is 4.37 Å². The molecule has 6 heteroatoms. The first-order chi connectivity index (χ1) is 6.13. The van der Waals surface area contributed by atoms with E-state index in [1.807, 2.05) is 0 Å². The van der Waals surface area contributed by atoms with E-state index in [1.165, 1.54) is 18.6 Å². The van der Waals surface area contributed by atoms with E-state index in [-0.39, 0.29) is 6.42 Å². The molecule has 0 saturated carbocycles. The van der Waals surface area contributed by atoms with Crippen molar-refractivity contribution in [2.24, 2.45) is 5.73 Å². The van der Waals surface area contributed by atoms with Crippen molar-refractivity contribution < 1.29 is 14.6 Å². The third kappa shape index (κ3) is 2.67. The fourth-order valence-electron chi connectivity index (χ4n) is 0.790. The van der Waals surface area contributed by atoms with Gasteiger partial charge in [0.1, 0.15) is 6.04 Å². The molecule has 1 aromatic rings. The van der Waals surface area contributed by atoms with Crippen molar-refractivity contribution in [2.75, 3.05) is 7.11 Å². The van der Waals surface area contributed by atoms with E-state index in [9.17, 15) is 4.79 Å². The normalized spacial score (nSPS) is 12.5. The highest BCUT2D eigenvalue weighted by atomic mass is 32.1. The van der Waals surface area contributed by atoms with Gasteiger partial charge in [-0.25, -0.2) is 0 Å². The number of methoxy groups -OCH3 is 1. The molecule has 0 fully saturated rings. The number of carbonyl (C=O) groups is 1. The van der Waals surface area contributed by atoms with Gasteiger partial charge in [0.2, 0.25) is 5.88 Å². The van der Waals surface area contributed by atoms with Gasteiger partial charge in [-0.3, -0.25) is 4.79 Å². The Kier molecular flexibility index (Phi) is 3.21. The second kappa shape index (κ2) is 4.20. The van der Waals surface area contributed by atoms with Crippen LogP contribution in [-0.2, 0) is 11.2 Å². The van der Waals surface area contributed by atoms with Crippen LogP contribution in [0.15, 0.2) is 6.07 Å². The van der Waals surface area contributed by atoms with Gasteiger partial charge in [0.05, 0.1) is 7.11 Å². The highest BCUT2D eigenvalue weighted by Gasteiger charge is 2.14. The van der Waals surface area contributed by atoms with Gasteiger partial charge in [0, 0.05) is 17.4 Å². The monoisotopic (exact) mass is 202 g/mol. The maximum absolute atomic E-state index is 10.4. The third-order valence-corrected chi connectivity index (χ3v) is 2.28. The molecular formula is C7H10N2O3S. The first-order valence-corrected chi connectivity index (χ1v) is 4.38. The summed E-state index contributed by atoms with van der Waals surface area (Å²) in [6.07, 6.45) is 0.288. The first kappa shape index (κ1) is 9.94. The molecule has 0 bridgehead atoms. The minimum atomic E-state index is -1.01. The van der Waals surface area contributed by atoms with Crippen molar-refractivity contribution in [1.29, 1.82) is 0 Å². The van der Waals surface area contributed by atoms with Crippen LogP contribution in [0.25, 0.3) is 0 Å². The molecule has 1 rings (SSSR count). The summed E-state index contributed by atoms with van der Waals surface area (Å²) in [7, 11) is 1.51. The molecule has 0 aromatic carbocycles. The lowest BCUT2D eigenvalue weighted by atomic mass is 10.2. The Morgan fingerprint density at radius 2 is 2.62 bits per heavy atom. The van der Waals surface area contributed by atoms with Gasteiger partial charge < -0.3 is 15.6 Å². The van der Waals surface area contributed by atoms with Crippen molar-refractivity contribution in [2.45, 2.75) is 12.5 Å². The highest BCUT2D eigenvalue weighted by Crippen LogP contribution is 2.17. The Hall–Kier alpha value is -1.14. The number of aromatic nitrogens is 1. The van der Waals surface area contributed by atoms with E-state index in [4.69, 9.17) is 15.6 Å². The van der Waals surface area contributed by atoms with Crippen LogP contribution in [0.5, 0.6) is 5.88 Å². The summed E-state index contributed by atoms with van der Waals surface area (Å²) >= 11 is 1.20. The zero-order valence-corrected chi connectivity index (χ0v) is 7.87. The van der Waals surface area contributed by atoms with Gasteiger partial charge in [0.15, 0.2) is 0 Å². The van der Waals surface area contributed by atoms with Crippen molar-refractivity contribution in [3.63, 3.8) is 0 Å². The smallest absolute Gasteiger partial charge is 0.320 e. The molecule has 1 heterocycles. The number of hydrogen-bond acceptors (Lipinski definition) is 5. The average Bonchev–Trinajstić information content (AvgIpc) is 2.52. The number of rotatable bonds is 4. The zero-order chi connectivity index (χ0) is 9.84. The van der Waals surface area contributed by atoms with Crippen LogP contribution in [0.2, 0.25) is 0 Å². The fourth-order valence-corrected chi connectivity index (χ4v) is 1.53. The van der Waals surface area contributed by atoms with Gasteiger partial charge in [-0.1, -0.05) is 0 Å². The summed E-state index contributed by atoms with van der Waals surface area (Å²) in [6, 6.07) is 0.818. The number of nitrogens with two attached hydrogens (primary N) is 1. The molecule has 0 saturated heterocycles. The number of carboxylic acids is 1. The molecule has 0 aliphatic rings. The van der Waals surface area contributed by atoms with E-state index in [0.717, 1.165) is 4.88 Å². The van der Waals surface area contributed by atoms with E-state index in [1.54, 1.807) is 6.07 Å². The predicted molar refractivity (Wildman–Crippen MR) is 48.0 cm³/mol. The minimum absolute atomic E-state index is 0.288. The Bertz CT molecular complexity index is 300. The first-order valence-electron chi connectivity index (χ1n) is 3.61. The molecule has 0 unspecified atom stereocenters. The Labute approximate surface area is 79.3 Å². The third-order valence-electron chi connectivity index (χ3n) is 1.48. The second-order valence-electron chi connectivity index (χ2n) is 2.48. The average molecular weight is 202 g/mol. The lowest BCUT2D eigenvalue weighted by Crippen LogP contribution is -2.31. The molecule has 13 heavy (non-hydrogen) atoms. The summed E-state index contributed by atoms with van der Waals surface area (Å²) in [6.45, 7) is 0. The molecule has 3 N–H and O–H groups in total. The summed E-state index contributed by atoms with van der Waals surface area (Å²) in [5.74, 6) is -0.509. The second-order valence-corrected chi connectivity index (χ2v) is 3.37. The van der Waals surface area contributed by atoms with Crippen molar-refractivity contribution in [3.05, 3.63) is 10.9 Å². The van der Waals surface area contributed by atoms with Gasteiger partial charge in [-0.05, 0) is 11.5 Å². The fraction of sp³-hybridized carbons (Fsp3) is 0.429. The molecule has 0 spiro atoms. The van der Waals surface area contributed by atoms with Gasteiger partial charge in [-0.2, -0.15) is 4.37 Å². The number of hydrogen-bond donors (Lipinski definition) is 2. The van der Waals surface area contributed by atoms with Crippen LogP contribution in [0.3, 0.4) is 0 Å². The van der Waals surface area contributed by atoms with Crippen molar-refractivity contribution in [3.8, 4) is 5.88 Å². The topological polar surface area (TPSA) is 85.4 Å². The van der Waals surface area contributed by atoms with Gasteiger partial charge in [0.25, 0.3) is 0 Å². The Balaban J connectivity index is 2.58. The lowest BCUT2D eigenvalue weighted by molar-refractivity contribution is -0.138. The summed E-state index contributed by atoms with van der Waals surface area (Å²) in [5.41, 5.74) is 5.34. The van der Waals surface area contributed by atoms with Gasteiger partial charge >= 0.3 is 5.97 Å². The molecule has 0 aliphatic carbocycles. The molecule has 5 nitrogen and oxygen atoms in total. The SMILES string of the molecule is COc1cc(C[C@H](N)C(=O)O)sn1. The predicted octanol–water partition coefficient (Wildman–Crippen LogP) is 0.106. The molecular weight excluding hydrogens is 192 g/mol. The molecule has 0 radical (unpaired) electrons. The van der Waals surface area contributed by atoms with Crippen LogP contribution in [0, 0.1) is 0 Å². The highest BCUT2D eigenvalue weighted by molar-refractivity contribution is 7.05. The maximum Gasteiger partial charge on any atom is 0.320 e. The van der Waals surface area contributed by atoms with Gasteiger partial charge in [-0.15, -0.1) is 0 Å². The summed E-state index contributed by atoms with van der Waals surface area (Å²) in [5, 5.41) is 8.54. The quantitative estimate of drug-likeness (QED) is 0.723.